The molecule has 1 heterocycles. The molecule has 0 amide bonds. The number of ether oxygens (including phenoxy) is 2. The topological polar surface area (TPSA) is 65.5 Å². The van der Waals surface area contributed by atoms with Crippen LogP contribution in [0, 0.1) is 0 Å². The van der Waals surface area contributed by atoms with E-state index >= 15 is 0 Å². The molecule has 5 nitrogen and oxygen atoms in total. The summed E-state index contributed by atoms with van der Waals surface area (Å²) in [4.78, 5) is 26.8. The van der Waals surface area contributed by atoms with E-state index in [9.17, 15) is 9.59 Å². The Hall–Kier alpha value is -2.53. The Labute approximate surface area is 141 Å². The number of carbonyl (C=O) groups excluding carboxylic acids is 2. The van der Waals surface area contributed by atoms with Gasteiger partial charge in [0.15, 0.2) is 5.78 Å². The number of nitrogens with zero attached hydrogens (tertiary/aromatic N) is 1. The molecule has 0 spiro atoms. The minimum Gasteiger partial charge on any atom is -0.463 e. The number of aromatic nitrogens is 1. The Kier molecular flexibility index (Phi) is 7.11. The zero-order chi connectivity index (χ0) is 17.2. The molecular weight excluding hydrogens is 306 g/mol. The van der Waals surface area contributed by atoms with Gasteiger partial charge in [-0.2, -0.15) is 0 Å². The lowest BCUT2D eigenvalue weighted by Gasteiger charge is -2.06. The van der Waals surface area contributed by atoms with Crippen molar-refractivity contribution in [3.05, 3.63) is 65.5 Å². The number of pyridine rings is 1. The molecular formula is C19H21NO4. The number of ketones is 1. The van der Waals surface area contributed by atoms with E-state index in [1.165, 1.54) is 6.92 Å². The monoisotopic (exact) mass is 327 g/mol. The van der Waals surface area contributed by atoms with Crippen LogP contribution < -0.4 is 0 Å². The molecule has 0 saturated heterocycles. The predicted octanol–water partition coefficient (Wildman–Crippen LogP) is 2.82. The highest BCUT2D eigenvalue weighted by Crippen LogP contribution is 2.11. The number of esters is 1. The highest BCUT2D eigenvalue weighted by atomic mass is 16.6. The maximum Gasteiger partial charge on any atom is 0.302 e. The zero-order valence-corrected chi connectivity index (χ0v) is 13.7. The molecule has 0 unspecified atom stereocenters. The Morgan fingerprint density at radius 2 is 1.79 bits per heavy atom. The summed E-state index contributed by atoms with van der Waals surface area (Å²) in [5.74, 6) is -0.295. The number of benzene rings is 1. The summed E-state index contributed by atoms with van der Waals surface area (Å²) >= 11 is 0. The fourth-order valence-electron chi connectivity index (χ4n) is 2.20. The van der Waals surface area contributed by atoms with Crippen molar-refractivity contribution in [2.24, 2.45) is 0 Å². The van der Waals surface area contributed by atoms with Gasteiger partial charge in [0.05, 0.1) is 13.2 Å². The highest BCUT2D eigenvalue weighted by molar-refractivity contribution is 5.96. The number of hydrogen-bond donors (Lipinski definition) is 0. The normalized spacial score (nSPS) is 10.4. The van der Waals surface area contributed by atoms with Gasteiger partial charge in [-0.25, -0.2) is 0 Å². The second-order valence-corrected chi connectivity index (χ2v) is 5.36. The Morgan fingerprint density at radius 1 is 1.00 bits per heavy atom. The van der Waals surface area contributed by atoms with Crippen molar-refractivity contribution in [2.75, 3.05) is 19.8 Å². The number of hydrogen-bond acceptors (Lipinski definition) is 5. The SMILES string of the molecule is CC(=O)OCCOCCC(=O)c1ccc(Cc2cccnc2)cc1. The first kappa shape index (κ1) is 17.8. The Balaban J connectivity index is 1.74. The van der Waals surface area contributed by atoms with Crippen molar-refractivity contribution < 1.29 is 19.1 Å². The predicted molar refractivity (Wildman–Crippen MR) is 89.9 cm³/mol. The van der Waals surface area contributed by atoms with E-state index in [4.69, 9.17) is 9.47 Å². The van der Waals surface area contributed by atoms with Crippen molar-refractivity contribution in [2.45, 2.75) is 19.8 Å². The van der Waals surface area contributed by atoms with Crippen LogP contribution in [-0.4, -0.2) is 36.6 Å². The summed E-state index contributed by atoms with van der Waals surface area (Å²) in [6.45, 7) is 2.18. The Morgan fingerprint density at radius 3 is 2.46 bits per heavy atom. The fraction of sp³-hybridized carbons (Fsp3) is 0.316. The Bertz CT molecular complexity index is 653. The second-order valence-electron chi connectivity index (χ2n) is 5.36. The molecule has 2 rings (SSSR count). The van der Waals surface area contributed by atoms with E-state index in [1.54, 1.807) is 6.20 Å². The smallest absolute Gasteiger partial charge is 0.302 e. The summed E-state index contributed by atoms with van der Waals surface area (Å²) in [7, 11) is 0. The van der Waals surface area contributed by atoms with Crippen molar-refractivity contribution in [1.82, 2.24) is 4.98 Å². The molecule has 0 aliphatic carbocycles. The van der Waals surface area contributed by atoms with E-state index in [0.29, 0.717) is 25.2 Å². The maximum absolute atomic E-state index is 12.1. The first-order valence-electron chi connectivity index (χ1n) is 7.87. The maximum atomic E-state index is 12.1. The molecule has 126 valence electrons. The zero-order valence-electron chi connectivity index (χ0n) is 13.7. The summed E-state index contributed by atoms with van der Waals surface area (Å²) in [5.41, 5.74) is 2.95. The molecule has 0 aliphatic heterocycles. The molecule has 1 aromatic heterocycles. The van der Waals surface area contributed by atoms with E-state index in [1.807, 2.05) is 42.6 Å². The molecule has 0 saturated carbocycles. The molecule has 0 atom stereocenters. The van der Waals surface area contributed by atoms with Crippen molar-refractivity contribution in [3.8, 4) is 0 Å². The van der Waals surface area contributed by atoms with Gasteiger partial charge >= 0.3 is 5.97 Å². The lowest BCUT2D eigenvalue weighted by atomic mass is 10.0. The average molecular weight is 327 g/mol. The van der Waals surface area contributed by atoms with Gasteiger partial charge in [0, 0.05) is 31.3 Å². The molecule has 0 fully saturated rings. The number of carbonyl (C=O) groups is 2. The lowest BCUT2D eigenvalue weighted by Crippen LogP contribution is -2.10. The van der Waals surface area contributed by atoms with Gasteiger partial charge in [0.1, 0.15) is 6.61 Å². The van der Waals surface area contributed by atoms with Crippen LogP contribution in [-0.2, 0) is 20.7 Å². The first-order chi connectivity index (χ1) is 11.6. The molecule has 24 heavy (non-hydrogen) atoms. The van der Waals surface area contributed by atoms with Gasteiger partial charge < -0.3 is 9.47 Å². The van der Waals surface area contributed by atoms with Gasteiger partial charge in [-0.3, -0.25) is 14.6 Å². The highest BCUT2D eigenvalue weighted by Gasteiger charge is 2.06. The molecule has 2 aromatic rings. The van der Waals surface area contributed by atoms with Gasteiger partial charge in [0.25, 0.3) is 0 Å². The van der Waals surface area contributed by atoms with Gasteiger partial charge in [0.2, 0.25) is 0 Å². The van der Waals surface area contributed by atoms with E-state index in [0.717, 1.165) is 17.5 Å². The minimum atomic E-state index is -0.332. The minimum absolute atomic E-state index is 0.0374. The van der Waals surface area contributed by atoms with E-state index < -0.39 is 0 Å². The van der Waals surface area contributed by atoms with Crippen LogP contribution in [0.25, 0.3) is 0 Å². The third-order valence-corrected chi connectivity index (χ3v) is 3.41. The molecule has 0 N–H and O–H groups in total. The van der Waals surface area contributed by atoms with Crippen LogP contribution in [0.15, 0.2) is 48.8 Å². The first-order valence-corrected chi connectivity index (χ1v) is 7.87. The number of rotatable bonds is 9. The molecule has 1 aromatic carbocycles. The lowest BCUT2D eigenvalue weighted by molar-refractivity contribution is -0.142. The van der Waals surface area contributed by atoms with E-state index in [2.05, 4.69) is 4.98 Å². The quantitative estimate of drug-likeness (QED) is 0.402. The molecule has 0 radical (unpaired) electrons. The van der Waals surface area contributed by atoms with Crippen LogP contribution >= 0.6 is 0 Å². The summed E-state index contributed by atoms with van der Waals surface area (Å²) in [5, 5.41) is 0. The van der Waals surface area contributed by atoms with Crippen molar-refractivity contribution in [3.63, 3.8) is 0 Å². The van der Waals surface area contributed by atoms with Gasteiger partial charge in [-0.05, 0) is 23.6 Å². The largest absolute Gasteiger partial charge is 0.463 e. The molecule has 0 aliphatic rings. The molecule has 5 heteroatoms. The number of Topliss-reactive ketones (excluding diaryl/α,β-unsaturated/α-hetero) is 1. The van der Waals surface area contributed by atoms with Gasteiger partial charge in [-0.1, -0.05) is 30.3 Å². The summed E-state index contributed by atoms with van der Waals surface area (Å²) in [6, 6.07) is 11.5. The van der Waals surface area contributed by atoms with Crippen LogP contribution in [0.1, 0.15) is 34.8 Å². The van der Waals surface area contributed by atoms with E-state index in [-0.39, 0.29) is 18.4 Å². The second kappa shape index (κ2) is 9.57. The van der Waals surface area contributed by atoms with Gasteiger partial charge in [-0.15, -0.1) is 0 Å². The average Bonchev–Trinajstić information content (AvgIpc) is 2.59. The van der Waals surface area contributed by atoms with Crippen molar-refractivity contribution in [1.29, 1.82) is 0 Å². The molecule has 0 bridgehead atoms. The third-order valence-electron chi connectivity index (χ3n) is 3.41. The van der Waals surface area contributed by atoms with Crippen LogP contribution in [0.5, 0.6) is 0 Å². The standard InChI is InChI=1S/C19H21NO4/c1-15(21)24-12-11-23-10-8-19(22)18-6-4-16(5-7-18)13-17-3-2-9-20-14-17/h2-7,9,14H,8,10-13H2,1H3. The van der Waals surface area contributed by atoms with Crippen LogP contribution in [0.3, 0.4) is 0 Å². The fourth-order valence-corrected chi connectivity index (χ4v) is 2.20. The van der Waals surface area contributed by atoms with Crippen LogP contribution in [0.2, 0.25) is 0 Å². The third kappa shape index (κ3) is 6.30. The summed E-state index contributed by atoms with van der Waals surface area (Å²) < 4.78 is 10.0. The van der Waals surface area contributed by atoms with Crippen molar-refractivity contribution >= 4 is 11.8 Å². The summed E-state index contributed by atoms with van der Waals surface area (Å²) in [6.07, 6.45) is 4.69. The van der Waals surface area contributed by atoms with Crippen LogP contribution in [0.4, 0.5) is 0 Å².